The molecule has 0 aliphatic heterocycles. The van der Waals surface area contributed by atoms with E-state index in [0.717, 1.165) is 23.2 Å². The van der Waals surface area contributed by atoms with Crippen LogP contribution in [-0.4, -0.2) is 16.5 Å². The largest absolute Gasteiger partial charge is 0.298 e. The van der Waals surface area contributed by atoms with Crippen LogP contribution in [0.25, 0.3) is 0 Å². The Morgan fingerprint density at radius 3 is 2.69 bits per heavy atom. The number of rotatable bonds is 3. The summed E-state index contributed by atoms with van der Waals surface area (Å²) in [5.74, 6) is 0.893. The van der Waals surface area contributed by atoms with Gasteiger partial charge in [0, 0.05) is 11.6 Å². The lowest BCUT2D eigenvalue weighted by atomic mass is 10.0. The minimum Gasteiger partial charge on any atom is -0.298 e. The average molecular weight is 178 g/mol. The highest BCUT2D eigenvalue weighted by Gasteiger charge is 2.29. The van der Waals surface area contributed by atoms with Crippen molar-refractivity contribution in [2.45, 2.75) is 38.5 Å². The molecule has 0 amide bonds. The summed E-state index contributed by atoms with van der Waals surface area (Å²) >= 11 is 0. The zero-order chi connectivity index (χ0) is 9.42. The lowest BCUT2D eigenvalue weighted by Gasteiger charge is -2.00. The second-order valence-corrected chi connectivity index (χ2v) is 3.98. The Labute approximate surface area is 77.5 Å². The van der Waals surface area contributed by atoms with Gasteiger partial charge in [0.2, 0.25) is 0 Å². The van der Waals surface area contributed by atoms with Gasteiger partial charge in [0.1, 0.15) is 0 Å². The van der Waals surface area contributed by atoms with E-state index in [9.17, 15) is 4.79 Å². The minimum atomic E-state index is 0.323. The number of aromatic nitrogens is 2. The normalized spacial score (nSPS) is 16.5. The highest BCUT2D eigenvalue weighted by Crippen LogP contribution is 2.41. The van der Waals surface area contributed by atoms with Gasteiger partial charge in [0.05, 0.1) is 11.3 Å². The molecule has 70 valence electrons. The Hall–Kier alpha value is -1.12. The highest BCUT2D eigenvalue weighted by molar-refractivity contribution is 5.79. The molecular formula is C10H14N2O. The van der Waals surface area contributed by atoms with E-state index >= 15 is 0 Å². The molecule has 1 N–H and O–H groups in total. The van der Waals surface area contributed by atoms with Crippen LogP contribution in [0.2, 0.25) is 0 Å². The number of nitrogens with zero attached hydrogens (tertiary/aromatic N) is 1. The van der Waals surface area contributed by atoms with Crippen molar-refractivity contribution in [1.82, 2.24) is 10.2 Å². The van der Waals surface area contributed by atoms with Crippen LogP contribution in [0.4, 0.5) is 0 Å². The molecule has 0 aromatic carbocycles. The molecule has 0 spiro atoms. The number of H-pyrrole nitrogens is 1. The number of hydrogen-bond donors (Lipinski definition) is 1. The fraction of sp³-hybridized carbons (Fsp3) is 0.600. The monoisotopic (exact) mass is 178 g/mol. The molecule has 0 bridgehead atoms. The number of carbonyl (C=O) groups is 1. The van der Waals surface area contributed by atoms with Crippen LogP contribution in [0, 0.1) is 0 Å². The first-order valence-electron chi connectivity index (χ1n) is 4.77. The van der Waals surface area contributed by atoms with E-state index in [2.05, 4.69) is 24.0 Å². The van der Waals surface area contributed by atoms with Crippen LogP contribution in [0.15, 0.2) is 0 Å². The summed E-state index contributed by atoms with van der Waals surface area (Å²) in [6, 6.07) is 0. The van der Waals surface area contributed by atoms with Crippen molar-refractivity contribution in [1.29, 1.82) is 0 Å². The van der Waals surface area contributed by atoms with Gasteiger partial charge in [-0.2, -0.15) is 5.10 Å². The quantitative estimate of drug-likeness (QED) is 0.721. The molecule has 1 heterocycles. The number of aromatic amines is 1. The molecule has 1 fully saturated rings. The maximum Gasteiger partial charge on any atom is 0.153 e. The fourth-order valence-corrected chi connectivity index (χ4v) is 1.63. The lowest BCUT2D eigenvalue weighted by molar-refractivity contribution is 0.112. The summed E-state index contributed by atoms with van der Waals surface area (Å²) in [6.07, 6.45) is 3.33. The van der Waals surface area contributed by atoms with E-state index in [0.29, 0.717) is 11.8 Å². The molecular weight excluding hydrogens is 164 g/mol. The zero-order valence-electron chi connectivity index (χ0n) is 8.00. The van der Waals surface area contributed by atoms with E-state index in [1.807, 2.05) is 0 Å². The number of aldehydes is 1. The minimum absolute atomic E-state index is 0.323. The predicted octanol–water partition coefficient (Wildman–Crippen LogP) is 2.22. The van der Waals surface area contributed by atoms with Gasteiger partial charge in [0.15, 0.2) is 6.29 Å². The van der Waals surface area contributed by atoms with Gasteiger partial charge < -0.3 is 0 Å². The molecule has 3 heteroatoms. The number of hydrogen-bond acceptors (Lipinski definition) is 2. The molecule has 1 aromatic heterocycles. The van der Waals surface area contributed by atoms with E-state index in [1.165, 1.54) is 12.8 Å². The van der Waals surface area contributed by atoms with Gasteiger partial charge >= 0.3 is 0 Å². The maximum atomic E-state index is 10.9. The second-order valence-electron chi connectivity index (χ2n) is 3.98. The van der Waals surface area contributed by atoms with Gasteiger partial charge in [-0.15, -0.1) is 0 Å². The first-order valence-corrected chi connectivity index (χ1v) is 4.77. The van der Waals surface area contributed by atoms with Gasteiger partial charge in [-0.3, -0.25) is 9.89 Å². The predicted molar refractivity (Wildman–Crippen MR) is 50.0 cm³/mol. The summed E-state index contributed by atoms with van der Waals surface area (Å²) in [5, 5.41) is 7.18. The molecule has 1 aliphatic carbocycles. The molecule has 1 saturated carbocycles. The van der Waals surface area contributed by atoms with Gasteiger partial charge in [-0.05, 0) is 18.8 Å². The maximum absolute atomic E-state index is 10.9. The van der Waals surface area contributed by atoms with Crippen molar-refractivity contribution in [3.63, 3.8) is 0 Å². The van der Waals surface area contributed by atoms with Crippen molar-refractivity contribution in [2.75, 3.05) is 0 Å². The van der Waals surface area contributed by atoms with Crippen LogP contribution in [-0.2, 0) is 0 Å². The molecule has 0 radical (unpaired) electrons. The van der Waals surface area contributed by atoms with Gasteiger partial charge in [-0.25, -0.2) is 0 Å². The molecule has 1 aliphatic rings. The summed E-state index contributed by atoms with van der Waals surface area (Å²) in [7, 11) is 0. The summed E-state index contributed by atoms with van der Waals surface area (Å²) in [4.78, 5) is 10.9. The van der Waals surface area contributed by atoms with Crippen molar-refractivity contribution < 1.29 is 4.79 Å². The summed E-state index contributed by atoms with van der Waals surface area (Å²) in [6.45, 7) is 4.11. The first kappa shape index (κ1) is 8.48. The highest BCUT2D eigenvalue weighted by atomic mass is 16.1. The van der Waals surface area contributed by atoms with E-state index < -0.39 is 0 Å². The van der Waals surface area contributed by atoms with Crippen LogP contribution in [0.1, 0.15) is 60.3 Å². The van der Waals surface area contributed by atoms with Crippen LogP contribution >= 0.6 is 0 Å². The molecule has 0 unspecified atom stereocenters. The van der Waals surface area contributed by atoms with E-state index in [-0.39, 0.29) is 0 Å². The van der Waals surface area contributed by atoms with E-state index in [1.54, 1.807) is 0 Å². The van der Waals surface area contributed by atoms with Crippen LogP contribution in [0.5, 0.6) is 0 Å². The second kappa shape index (κ2) is 2.98. The zero-order valence-corrected chi connectivity index (χ0v) is 8.00. The SMILES string of the molecule is CC(C)c1n[nH]c(C2CC2)c1C=O. The van der Waals surface area contributed by atoms with Crippen molar-refractivity contribution in [3.8, 4) is 0 Å². The van der Waals surface area contributed by atoms with Gasteiger partial charge in [-0.1, -0.05) is 13.8 Å². The van der Waals surface area contributed by atoms with Gasteiger partial charge in [0.25, 0.3) is 0 Å². The van der Waals surface area contributed by atoms with E-state index in [4.69, 9.17) is 0 Å². The fourth-order valence-electron chi connectivity index (χ4n) is 1.63. The number of nitrogens with one attached hydrogen (secondary N) is 1. The Morgan fingerprint density at radius 1 is 1.54 bits per heavy atom. The third-order valence-electron chi connectivity index (χ3n) is 2.51. The Bertz CT molecular complexity index is 304. The molecule has 3 nitrogen and oxygen atoms in total. The topological polar surface area (TPSA) is 45.8 Å². The Kier molecular flexibility index (Phi) is 1.94. The molecule has 2 rings (SSSR count). The Balaban J connectivity index is 2.41. The molecule has 13 heavy (non-hydrogen) atoms. The standard InChI is InChI=1S/C10H14N2O/c1-6(2)9-8(5-13)10(12-11-9)7-3-4-7/h5-7H,3-4H2,1-2H3,(H,11,12). The Morgan fingerprint density at radius 2 is 2.23 bits per heavy atom. The third-order valence-corrected chi connectivity index (χ3v) is 2.51. The molecule has 0 saturated heterocycles. The smallest absolute Gasteiger partial charge is 0.153 e. The molecule has 1 aromatic rings. The average Bonchev–Trinajstić information content (AvgIpc) is 2.84. The summed E-state index contributed by atoms with van der Waals surface area (Å²) in [5.41, 5.74) is 2.77. The van der Waals surface area contributed by atoms with Crippen LogP contribution in [0.3, 0.4) is 0 Å². The molecule has 0 atom stereocenters. The lowest BCUT2D eigenvalue weighted by Crippen LogP contribution is -1.94. The summed E-state index contributed by atoms with van der Waals surface area (Å²) < 4.78 is 0. The number of carbonyl (C=O) groups excluding carboxylic acids is 1. The van der Waals surface area contributed by atoms with Crippen molar-refractivity contribution >= 4 is 6.29 Å². The van der Waals surface area contributed by atoms with Crippen molar-refractivity contribution in [3.05, 3.63) is 17.0 Å². The van der Waals surface area contributed by atoms with Crippen LogP contribution < -0.4 is 0 Å². The van der Waals surface area contributed by atoms with Crippen molar-refractivity contribution in [2.24, 2.45) is 0 Å². The third kappa shape index (κ3) is 1.39. The first-order chi connectivity index (χ1) is 6.24.